The maximum atomic E-state index is 12.8. The molecule has 7 heteroatoms. The summed E-state index contributed by atoms with van der Waals surface area (Å²) in [4.78, 5) is 16.1. The second kappa shape index (κ2) is 5.49. The Bertz CT molecular complexity index is 738. The van der Waals surface area contributed by atoms with Crippen molar-refractivity contribution in [3.63, 3.8) is 0 Å². The van der Waals surface area contributed by atoms with E-state index in [-0.39, 0.29) is 11.7 Å². The first-order valence-electron chi connectivity index (χ1n) is 6.10. The highest BCUT2D eigenvalue weighted by Crippen LogP contribution is 2.11. The summed E-state index contributed by atoms with van der Waals surface area (Å²) in [6.45, 7) is 0. The molecule has 0 fully saturated rings. The van der Waals surface area contributed by atoms with Crippen LogP contribution in [0.25, 0.3) is 5.82 Å². The molecule has 1 N–H and O–H groups in total. The summed E-state index contributed by atoms with van der Waals surface area (Å²) in [7, 11) is 0. The number of pyridine rings is 1. The van der Waals surface area contributed by atoms with Gasteiger partial charge in [-0.15, -0.1) is 10.2 Å². The lowest BCUT2D eigenvalue weighted by atomic mass is 10.2. The lowest BCUT2D eigenvalue weighted by Gasteiger charge is -2.06. The van der Waals surface area contributed by atoms with Gasteiger partial charge < -0.3 is 5.32 Å². The summed E-state index contributed by atoms with van der Waals surface area (Å²) in [6.07, 6.45) is 4.58. The minimum Gasteiger partial charge on any atom is -0.321 e. The number of rotatable bonds is 3. The fourth-order valence-electron chi connectivity index (χ4n) is 1.74. The topological polar surface area (TPSA) is 72.7 Å². The monoisotopic (exact) mass is 283 g/mol. The number of carbonyl (C=O) groups is 1. The van der Waals surface area contributed by atoms with Crippen molar-refractivity contribution in [2.75, 3.05) is 5.32 Å². The number of anilines is 1. The largest absolute Gasteiger partial charge is 0.321 e. The van der Waals surface area contributed by atoms with Gasteiger partial charge in [-0.2, -0.15) is 0 Å². The highest BCUT2D eigenvalue weighted by molar-refractivity contribution is 6.04. The molecule has 104 valence electrons. The van der Waals surface area contributed by atoms with E-state index in [2.05, 4.69) is 20.5 Å². The van der Waals surface area contributed by atoms with E-state index in [1.807, 2.05) is 0 Å². The van der Waals surface area contributed by atoms with Crippen molar-refractivity contribution < 1.29 is 9.18 Å². The minimum absolute atomic E-state index is 0.325. The fourth-order valence-corrected chi connectivity index (χ4v) is 1.74. The molecule has 0 spiro atoms. The zero-order valence-electron chi connectivity index (χ0n) is 10.8. The highest BCUT2D eigenvalue weighted by atomic mass is 19.1. The smallest absolute Gasteiger partial charge is 0.255 e. The van der Waals surface area contributed by atoms with Gasteiger partial charge in [0, 0.05) is 5.56 Å². The number of hydrogen-bond acceptors (Lipinski definition) is 4. The number of hydrogen-bond donors (Lipinski definition) is 1. The van der Waals surface area contributed by atoms with Crippen LogP contribution in [0.4, 0.5) is 10.1 Å². The van der Waals surface area contributed by atoms with Crippen LogP contribution in [-0.2, 0) is 0 Å². The molecular weight excluding hydrogens is 273 g/mol. The van der Waals surface area contributed by atoms with Crippen molar-refractivity contribution in [3.8, 4) is 5.82 Å². The van der Waals surface area contributed by atoms with E-state index in [1.54, 1.807) is 16.7 Å². The molecule has 0 saturated heterocycles. The van der Waals surface area contributed by atoms with Crippen LogP contribution in [0.1, 0.15) is 10.4 Å². The van der Waals surface area contributed by atoms with Gasteiger partial charge in [-0.25, -0.2) is 9.37 Å². The Balaban J connectivity index is 1.73. The number of halogens is 1. The lowest BCUT2D eigenvalue weighted by molar-refractivity contribution is 0.102. The Hall–Kier alpha value is -3.09. The predicted octanol–water partition coefficient (Wildman–Crippen LogP) is 2.05. The molecule has 2 aromatic heterocycles. The van der Waals surface area contributed by atoms with Crippen molar-refractivity contribution >= 4 is 11.6 Å². The summed E-state index contributed by atoms with van der Waals surface area (Å²) in [5.74, 6) is -0.0693. The highest BCUT2D eigenvalue weighted by Gasteiger charge is 2.06. The maximum Gasteiger partial charge on any atom is 0.255 e. The van der Waals surface area contributed by atoms with Crippen LogP contribution in [0.15, 0.2) is 55.2 Å². The van der Waals surface area contributed by atoms with E-state index in [1.165, 1.54) is 43.1 Å². The Morgan fingerprint density at radius 3 is 2.38 bits per heavy atom. The van der Waals surface area contributed by atoms with Gasteiger partial charge in [0.2, 0.25) is 0 Å². The average molecular weight is 283 g/mol. The van der Waals surface area contributed by atoms with E-state index >= 15 is 0 Å². The summed E-state index contributed by atoms with van der Waals surface area (Å²) in [5.41, 5.74) is 0.917. The number of nitrogens with one attached hydrogen (secondary N) is 1. The summed E-state index contributed by atoms with van der Waals surface area (Å²) >= 11 is 0. The van der Waals surface area contributed by atoms with Crippen LogP contribution < -0.4 is 5.32 Å². The minimum atomic E-state index is -0.383. The van der Waals surface area contributed by atoms with Gasteiger partial charge in [0.1, 0.15) is 24.3 Å². The van der Waals surface area contributed by atoms with E-state index < -0.39 is 0 Å². The standard InChI is InChI=1S/C14H10FN5O/c15-11-3-1-10(2-4-11)14(21)19-12-5-6-13(16-7-12)20-8-17-18-9-20/h1-9H,(H,19,21). The quantitative estimate of drug-likeness (QED) is 0.798. The summed E-state index contributed by atoms with van der Waals surface area (Å²) in [6, 6.07) is 8.76. The van der Waals surface area contributed by atoms with E-state index in [9.17, 15) is 9.18 Å². The average Bonchev–Trinajstić information content (AvgIpc) is 3.03. The van der Waals surface area contributed by atoms with Gasteiger partial charge in [0.25, 0.3) is 5.91 Å². The molecule has 0 aliphatic heterocycles. The zero-order chi connectivity index (χ0) is 14.7. The van der Waals surface area contributed by atoms with Gasteiger partial charge in [-0.05, 0) is 36.4 Å². The van der Waals surface area contributed by atoms with E-state index in [4.69, 9.17) is 0 Å². The maximum absolute atomic E-state index is 12.8. The van der Waals surface area contributed by atoms with Crippen molar-refractivity contribution in [1.29, 1.82) is 0 Å². The van der Waals surface area contributed by atoms with Gasteiger partial charge in [-0.1, -0.05) is 0 Å². The molecule has 0 bridgehead atoms. The molecule has 0 radical (unpaired) electrons. The molecule has 0 saturated carbocycles. The normalized spacial score (nSPS) is 10.3. The van der Waals surface area contributed by atoms with Gasteiger partial charge >= 0.3 is 0 Å². The zero-order valence-corrected chi connectivity index (χ0v) is 10.8. The molecule has 2 heterocycles. The number of carbonyl (C=O) groups excluding carboxylic acids is 1. The Morgan fingerprint density at radius 2 is 1.76 bits per heavy atom. The first kappa shape index (κ1) is 12.9. The molecule has 1 amide bonds. The SMILES string of the molecule is O=C(Nc1ccc(-n2cnnc2)nc1)c1ccc(F)cc1. The van der Waals surface area contributed by atoms with Gasteiger partial charge in [0.15, 0.2) is 0 Å². The third kappa shape index (κ3) is 2.92. The predicted molar refractivity (Wildman–Crippen MR) is 73.5 cm³/mol. The van der Waals surface area contributed by atoms with Crippen LogP contribution >= 0.6 is 0 Å². The molecule has 0 aliphatic rings. The van der Waals surface area contributed by atoms with E-state index in [0.717, 1.165) is 0 Å². The molecule has 3 aromatic rings. The molecule has 0 unspecified atom stereocenters. The number of benzene rings is 1. The van der Waals surface area contributed by atoms with Crippen LogP contribution in [0.5, 0.6) is 0 Å². The summed E-state index contributed by atoms with van der Waals surface area (Å²) < 4.78 is 14.4. The Labute approximate surface area is 119 Å². The van der Waals surface area contributed by atoms with Crippen LogP contribution in [0.2, 0.25) is 0 Å². The van der Waals surface area contributed by atoms with E-state index in [0.29, 0.717) is 17.1 Å². The van der Waals surface area contributed by atoms with Gasteiger partial charge in [0.05, 0.1) is 11.9 Å². The van der Waals surface area contributed by atoms with Crippen LogP contribution in [0, 0.1) is 5.82 Å². The number of aromatic nitrogens is 4. The van der Waals surface area contributed by atoms with Crippen LogP contribution in [0.3, 0.4) is 0 Å². The van der Waals surface area contributed by atoms with Gasteiger partial charge in [-0.3, -0.25) is 9.36 Å². The molecule has 0 atom stereocenters. The van der Waals surface area contributed by atoms with Crippen molar-refractivity contribution in [3.05, 3.63) is 66.6 Å². The molecule has 3 rings (SSSR count). The second-order valence-electron chi connectivity index (χ2n) is 4.24. The van der Waals surface area contributed by atoms with Crippen molar-refractivity contribution in [2.45, 2.75) is 0 Å². The first-order valence-corrected chi connectivity index (χ1v) is 6.10. The Morgan fingerprint density at radius 1 is 1.05 bits per heavy atom. The molecule has 0 aliphatic carbocycles. The lowest BCUT2D eigenvalue weighted by Crippen LogP contribution is -2.12. The second-order valence-corrected chi connectivity index (χ2v) is 4.24. The third-order valence-electron chi connectivity index (χ3n) is 2.80. The first-order chi connectivity index (χ1) is 10.2. The fraction of sp³-hybridized carbons (Fsp3) is 0. The van der Waals surface area contributed by atoms with Crippen molar-refractivity contribution in [2.24, 2.45) is 0 Å². The molecular formula is C14H10FN5O. The van der Waals surface area contributed by atoms with Crippen molar-refractivity contribution in [1.82, 2.24) is 19.7 Å². The summed E-state index contributed by atoms with van der Waals surface area (Å²) in [5, 5.41) is 10.1. The third-order valence-corrected chi connectivity index (χ3v) is 2.80. The number of nitrogens with zero attached hydrogens (tertiary/aromatic N) is 4. The molecule has 1 aromatic carbocycles. The van der Waals surface area contributed by atoms with Crippen LogP contribution in [-0.4, -0.2) is 25.7 Å². The molecule has 6 nitrogen and oxygen atoms in total. The molecule has 21 heavy (non-hydrogen) atoms. The number of amides is 1. The Kier molecular flexibility index (Phi) is 3.38.